The average Bonchev–Trinajstić information content (AvgIpc) is 2.95. The lowest BCUT2D eigenvalue weighted by Crippen LogP contribution is -2.39. The molecule has 1 aromatic heterocycles. The van der Waals surface area contributed by atoms with Gasteiger partial charge < -0.3 is 20.5 Å². The van der Waals surface area contributed by atoms with Gasteiger partial charge >= 0.3 is 18.1 Å². The van der Waals surface area contributed by atoms with E-state index >= 15 is 0 Å². The van der Waals surface area contributed by atoms with Gasteiger partial charge in [-0.15, -0.1) is 0 Å². The fourth-order valence-corrected chi connectivity index (χ4v) is 3.31. The van der Waals surface area contributed by atoms with E-state index in [1.807, 2.05) is 0 Å². The van der Waals surface area contributed by atoms with Crippen LogP contribution in [-0.4, -0.2) is 59.9 Å². The summed E-state index contributed by atoms with van der Waals surface area (Å²) in [6.45, 7) is 2.02. The first kappa shape index (κ1) is 23.1. The predicted molar refractivity (Wildman–Crippen MR) is 97.0 cm³/mol. The molecule has 1 atom stereocenters. The fraction of sp³-hybridized carbons (Fsp3) is 0.529. The lowest BCUT2D eigenvalue weighted by Gasteiger charge is -2.29. The van der Waals surface area contributed by atoms with Crippen LogP contribution >= 0.6 is 15.9 Å². The number of nitrogens with one attached hydrogen (secondary N) is 2. The summed E-state index contributed by atoms with van der Waals surface area (Å²) in [5.74, 6) is -3.13. The Kier molecular flexibility index (Phi) is 7.58. The number of carboxylic acid groups (broad SMARTS) is 1. The van der Waals surface area contributed by atoms with E-state index in [-0.39, 0.29) is 23.4 Å². The van der Waals surface area contributed by atoms with Gasteiger partial charge in [0.1, 0.15) is 11.8 Å². The van der Waals surface area contributed by atoms with E-state index in [0.29, 0.717) is 18.7 Å². The molecular formula is C17H19BrF3N3O5. The van der Waals surface area contributed by atoms with E-state index in [0.717, 1.165) is 30.4 Å². The highest BCUT2D eigenvalue weighted by molar-refractivity contribution is 9.10. The molecule has 3 heterocycles. The Morgan fingerprint density at radius 1 is 1.34 bits per heavy atom. The number of hydrogen-bond donors (Lipinski definition) is 3. The van der Waals surface area contributed by atoms with Crippen LogP contribution in [-0.2, 0) is 14.3 Å². The van der Waals surface area contributed by atoms with Crippen molar-refractivity contribution in [3.05, 3.63) is 28.5 Å². The van der Waals surface area contributed by atoms with Gasteiger partial charge in [0.05, 0.1) is 12.0 Å². The SMILES string of the molecule is O=C(NCC1CC2(CCNCC2)C(=O)O1)c1ccc(Br)cn1.O=C(O)C(F)(F)F. The van der Waals surface area contributed by atoms with Crippen LogP contribution in [0.15, 0.2) is 22.8 Å². The van der Waals surface area contributed by atoms with Crippen molar-refractivity contribution in [2.75, 3.05) is 19.6 Å². The van der Waals surface area contributed by atoms with Crippen molar-refractivity contribution >= 4 is 33.8 Å². The molecule has 3 N–H and O–H groups in total. The molecule has 0 aromatic carbocycles. The van der Waals surface area contributed by atoms with Crippen LogP contribution in [0.4, 0.5) is 13.2 Å². The van der Waals surface area contributed by atoms with Gasteiger partial charge in [0.25, 0.3) is 5.91 Å². The zero-order chi connectivity index (χ0) is 21.7. The van der Waals surface area contributed by atoms with Gasteiger partial charge in [-0.2, -0.15) is 13.2 Å². The Hall–Kier alpha value is -2.21. The molecule has 2 fully saturated rings. The first-order valence-corrected chi connectivity index (χ1v) is 9.44. The molecule has 1 amide bonds. The Balaban J connectivity index is 0.000000370. The third-order valence-electron chi connectivity index (χ3n) is 4.58. The zero-order valence-corrected chi connectivity index (χ0v) is 16.7. The lowest BCUT2D eigenvalue weighted by molar-refractivity contribution is -0.192. The first-order chi connectivity index (χ1) is 13.5. The number of piperidine rings is 1. The number of amides is 1. The molecule has 2 saturated heterocycles. The number of aromatic nitrogens is 1. The molecular weight excluding hydrogens is 463 g/mol. The van der Waals surface area contributed by atoms with Gasteiger partial charge in [-0.25, -0.2) is 9.78 Å². The summed E-state index contributed by atoms with van der Waals surface area (Å²) in [6, 6.07) is 3.41. The van der Waals surface area contributed by atoms with Crippen LogP contribution in [0.25, 0.3) is 0 Å². The maximum atomic E-state index is 12.1. The average molecular weight is 482 g/mol. The minimum absolute atomic E-state index is 0.116. The molecule has 0 aliphatic carbocycles. The monoisotopic (exact) mass is 481 g/mol. The van der Waals surface area contributed by atoms with Gasteiger partial charge in [-0.05, 0) is 54.0 Å². The van der Waals surface area contributed by atoms with Crippen molar-refractivity contribution < 1.29 is 37.4 Å². The number of rotatable bonds is 3. The zero-order valence-electron chi connectivity index (χ0n) is 15.1. The van der Waals surface area contributed by atoms with Gasteiger partial charge in [0.15, 0.2) is 0 Å². The van der Waals surface area contributed by atoms with Crippen molar-refractivity contribution in [2.24, 2.45) is 5.41 Å². The Morgan fingerprint density at radius 2 is 1.97 bits per heavy atom. The molecule has 12 heteroatoms. The molecule has 0 saturated carbocycles. The number of alkyl halides is 3. The van der Waals surface area contributed by atoms with E-state index in [1.165, 1.54) is 0 Å². The fourth-order valence-electron chi connectivity index (χ4n) is 3.07. The van der Waals surface area contributed by atoms with Crippen molar-refractivity contribution in [1.82, 2.24) is 15.6 Å². The number of carboxylic acids is 1. The molecule has 3 rings (SSSR count). The van der Waals surface area contributed by atoms with E-state index in [9.17, 15) is 22.8 Å². The molecule has 2 aliphatic rings. The summed E-state index contributed by atoms with van der Waals surface area (Å²) in [5.41, 5.74) is 0.000332. The molecule has 1 spiro atoms. The summed E-state index contributed by atoms with van der Waals surface area (Å²) in [6.07, 6.45) is -1.45. The standard InChI is InChI=1S/C15H18BrN3O3.C2HF3O2/c16-10-1-2-12(18-8-10)13(20)19-9-11-7-15(14(21)22-11)3-5-17-6-4-15;3-2(4,5)1(6)7/h1-2,8,11,17H,3-7,9H2,(H,19,20);(H,6,7). The van der Waals surface area contributed by atoms with E-state index in [1.54, 1.807) is 18.3 Å². The highest BCUT2D eigenvalue weighted by atomic mass is 79.9. The number of cyclic esters (lactones) is 1. The number of pyridine rings is 1. The smallest absolute Gasteiger partial charge is 0.475 e. The number of ether oxygens (including phenoxy) is 1. The molecule has 0 bridgehead atoms. The minimum atomic E-state index is -5.08. The quantitative estimate of drug-likeness (QED) is 0.564. The van der Waals surface area contributed by atoms with Crippen LogP contribution in [0.5, 0.6) is 0 Å². The number of nitrogens with zero attached hydrogens (tertiary/aromatic N) is 1. The van der Waals surface area contributed by atoms with Crippen molar-refractivity contribution in [1.29, 1.82) is 0 Å². The third kappa shape index (κ3) is 6.39. The number of hydrogen-bond acceptors (Lipinski definition) is 6. The Labute approximate surface area is 172 Å². The second kappa shape index (κ2) is 9.53. The topological polar surface area (TPSA) is 118 Å². The molecule has 2 aliphatic heterocycles. The van der Waals surface area contributed by atoms with Gasteiger partial charge in [0.2, 0.25) is 0 Å². The normalized spacial score (nSPS) is 20.4. The van der Waals surface area contributed by atoms with Crippen molar-refractivity contribution in [3.8, 4) is 0 Å². The Morgan fingerprint density at radius 3 is 2.48 bits per heavy atom. The molecule has 29 heavy (non-hydrogen) atoms. The lowest BCUT2D eigenvalue weighted by atomic mass is 9.76. The van der Waals surface area contributed by atoms with E-state index < -0.39 is 12.1 Å². The largest absolute Gasteiger partial charge is 0.490 e. The molecule has 1 unspecified atom stereocenters. The number of carbonyl (C=O) groups is 3. The number of aliphatic carboxylic acids is 1. The van der Waals surface area contributed by atoms with Gasteiger partial charge in [-0.1, -0.05) is 0 Å². The highest BCUT2D eigenvalue weighted by Crippen LogP contribution is 2.41. The van der Waals surface area contributed by atoms with Crippen LogP contribution in [0, 0.1) is 5.41 Å². The number of esters is 1. The maximum absolute atomic E-state index is 12.1. The second-order valence-electron chi connectivity index (χ2n) is 6.64. The molecule has 1 aromatic rings. The Bertz CT molecular complexity index is 752. The number of halogens is 4. The summed E-state index contributed by atoms with van der Waals surface area (Å²) in [7, 11) is 0. The maximum Gasteiger partial charge on any atom is 0.490 e. The molecule has 0 radical (unpaired) electrons. The summed E-state index contributed by atoms with van der Waals surface area (Å²) < 4.78 is 38.0. The van der Waals surface area contributed by atoms with E-state index in [4.69, 9.17) is 14.6 Å². The van der Waals surface area contributed by atoms with Gasteiger partial charge in [0, 0.05) is 17.1 Å². The van der Waals surface area contributed by atoms with Crippen LogP contribution in [0.2, 0.25) is 0 Å². The second-order valence-corrected chi connectivity index (χ2v) is 7.55. The molecule has 160 valence electrons. The molecule has 8 nitrogen and oxygen atoms in total. The van der Waals surface area contributed by atoms with Crippen LogP contribution in [0.3, 0.4) is 0 Å². The summed E-state index contributed by atoms with van der Waals surface area (Å²) >= 11 is 3.28. The highest BCUT2D eigenvalue weighted by Gasteiger charge is 2.49. The number of carbonyl (C=O) groups excluding carboxylic acids is 2. The third-order valence-corrected chi connectivity index (χ3v) is 5.05. The predicted octanol–water partition coefficient (Wildman–Crippen LogP) is 1.89. The first-order valence-electron chi connectivity index (χ1n) is 8.65. The minimum Gasteiger partial charge on any atom is -0.475 e. The van der Waals surface area contributed by atoms with Crippen molar-refractivity contribution in [3.63, 3.8) is 0 Å². The van der Waals surface area contributed by atoms with E-state index in [2.05, 4.69) is 31.5 Å². The summed E-state index contributed by atoms with van der Waals surface area (Å²) in [4.78, 5) is 37.1. The van der Waals surface area contributed by atoms with Crippen LogP contribution < -0.4 is 10.6 Å². The van der Waals surface area contributed by atoms with Crippen molar-refractivity contribution in [2.45, 2.75) is 31.5 Å². The summed E-state index contributed by atoms with van der Waals surface area (Å²) in [5, 5.41) is 13.2. The van der Waals surface area contributed by atoms with Crippen LogP contribution in [0.1, 0.15) is 29.8 Å². The van der Waals surface area contributed by atoms with Gasteiger partial charge in [-0.3, -0.25) is 9.59 Å².